The van der Waals surface area contributed by atoms with Crippen LogP contribution in [0.15, 0.2) is 29.3 Å². The van der Waals surface area contributed by atoms with E-state index in [2.05, 4.69) is 29.5 Å². The summed E-state index contributed by atoms with van der Waals surface area (Å²) in [6.07, 6.45) is 1.65. The predicted molar refractivity (Wildman–Crippen MR) is 114 cm³/mol. The maximum atomic E-state index is 13.5. The van der Waals surface area contributed by atoms with Gasteiger partial charge in [0.2, 0.25) is 0 Å². The molecular formula is C19H31FIN3O2. The summed E-state index contributed by atoms with van der Waals surface area (Å²) in [6.45, 7) is 7.02. The van der Waals surface area contributed by atoms with Crippen LogP contribution < -0.4 is 10.6 Å². The molecule has 1 atom stereocenters. The van der Waals surface area contributed by atoms with Gasteiger partial charge in [-0.25, -0.2) is 4.39 Å². The quantitative estimate of drug-likeness (QED) is 0.320. The molecule has 1 fully saturated rings. The number of aliphatic imine (C=N–C) groups is 1. The molecule has 148 valence electrons. The first-order chi connectivity index (χ1) is 11.9. The summed E-state index contributed by atoms with van der Waals surface area (Å²) in [6, 6.07) is 6.70. The van der Waals surface area contributed by atoms with E-state index in [1.807, 2.05) is 6.07 Å². The molecule has 26 heavy (non-hydrogen) atoms. The van der Waals surface area contributed by atoms with E-state index in [1.165, 1.54) is 6.07 Å². The molecule has 0 saturated carbocycles. The van der Waals surface area contributed by atoms with Gasteiger partial charge >= 0.3 is 0 Å². The Labute approximate surface area is 172 Å². The molecule has 0 spiro atoms. The zero-order chi connectivity index (χ0) is 18.3. The van der Waals surface area contributed by atoms with Gasteiger partial charge in [-0.15, -0.1) is 24.0 Å². The Morgan fingerprint density at radius 1 is 1.38 bits per heavy atom. The standard InChI is InChI=1S/C19H30FN3O2.HI/c1-18(2,15-5-4-6-16(20)11-15)12-22-17(21-3)23-13-19(7-9-24)8-10-25-14-19;/h4-6,11,24H,7-10,12-14H2,1-3H3,(H2,21,22,23);1H. The number of rotatable bonds is 7. The van der Waals surface area contributed by atoms with Gasteiger partial charge in [0.15, 0.2) is 5.96 Å². The lowest BCUT2D eigenvalue weighted by Gasteiger charge is -2.30. The molecule has 1 saturated heterocycles. The first-order valence-corrected chi connectivity index (χ1v) is 8.80. The van der Waals surface area contributed by atoms with E-state index in [1.54, 1.807) is 19.2 Å². The van der Waals surface area contributed by atoms with Crippen molar-refractivity contribution in [3.63, 3.8) is 0 Å². The number of aliphatic hydroxyl groups excluding tert-OH is 1. The van der Waals surface area contributed by atoms with Crippen LogP contribution in [-0.2, 0) is 10.2 Å². The van der Waals surface area contributed by atoms with Crippen molar-refractivity contribution in [3.05, 3.63) is 35.6 Å². The molecule has 0 amide bonds. The zero-order valence-corrected chi connectivity index (χ0v) is 18.2. The van der Waals surface area contributed by atoms with Gasteiger partial charge < -0.3 is 20.5 Å². The van der Waals surface area contributed by atoms with Gasteiger partial charge in [-0.3, -0.25) is 4.99 Å². The highest BCUT2D eigenvalue weighted by molar-refractivity contribution is 14.0. The summed E-state index contributed by atoms with van der Waals surface area (Å²) in [7, 11) is 1.73. The minimum atomic E-state index is -0.237. The number of aliphatic hydroxyl groups is 1. The molecule has 3 N–H and O–H groups in total. The van der Waals surface area contributed by atoms with Crippen molar-refractivity contribution >= 4 is 29.9 Å². The first-order valence-electron chi connectivity index (χ1n) is 8.80. The van der Waals surface area contributed by atoms with Crippen molar-refractivity contribution in [2.75, 3.05) is 40.0 Å². The molecule has 0 radical (unpaired) electrons. The predicted octanol–water partition coefficient (Wildman–Crippen LogP) is 2.68. The normalized spacial score (nSPS) is 20.6. The van der Waals surface area contributed by atoms with E-state index in [9.17, 15) is 9.50 Å². The molecule has 0 aliphatic carbocycles. The van der Waals surface area contributed by atoms with E-state index in [0.29, 0.717) is 32.1 Å². The minimum Gasteiger partial charge on any atom is -0.396 e. The second-order valence-corrected chi connectivity index (χ2v) is 7.45. The Bertz CT molecular complexity index is 590. The molecule has 1 aliphatic rings. The molecule has 1 heterocycles. The number of nitrogens with zero attached hydrogens (tertiary/aromatic N) is 1. The SMILES string of the molecule is CN=C(NCC1(CCO)CCOC1)NCC(C)(C)c1cccc(F)c1.I. The average molecular weight is 479 g/mol. The number of benzene rings is 1. The summed E-state index contributed by atoms with van der Waals surface area (Å²) in [4.78, 5) is 4.27. The van der Waals surface area contributed by atoms with Crippen molar-refractivity contribution in [3.8, 4) is 0 Å². The Hall–Kier alpha value is -0.930. The number of hydrogen-bond donors (Lipinski definition) is 3. The van der Waals surface area contributed by atoms with Crippen molar-refractivity contribution in [2.24, 2.45) is 10.4 Å². The lowest BCUT2D eigenvalue weighted by molar-refractivity contribution is 0.127. The fraction of sp³-hybridized carbons (Fsp3) is 0.632. The summed E-state index contributed by atoms with van der Waals surface area (Å²) in [5, 5.41) is 16.0. The monoisotopic (exact) mass is 479 g/mol. The fourth-order valence-electron chi connectivity index (χ4n) is 3.12. The van der Waals surface area contributed by atoms with E-state index in [4.69, 9.17) is 4.74 Å². The van der Waals surface area contributed by atoms with Gasteiger partial charge in [0.05, 0.1) is 6.61 Å². The Balaban J connectivity index is 0.00000338. The molecule has 2 rings (SSSR count). The Morgan fingerprint density at radius 3 is 2.73 bits per heavy atom. The maximum absolute atomic E-state index is 13.5. The van der Waals surface area contributed by atoms with E-state index in [0.717, 1.165) is 18.6 Å². The number of ether oxygens (including phenoxy) is 1. The summed E-state index contributed by atoms with van der Waals surface area (Å²) < 4.78 is 19.0. The summed E-state index contributed by atoms with van der Waals surface area (Å²) in [5.41, 5.74) is 0.667. The van der Waals surface area contributed by atoms with Crippen LogP contribution in [0.1, 0.15) is 32.3 Å². The molecule has 1 aromatic rings. The molecule has 1 aliphatic heterocycles. The van der Waals surface area contributed by atoms with E-state index < -0.39 is 0 Å². The molecule has 7 heteroatoms. The topological polar surface area (TPSA) is 65.9 Å². The van der Waals surface area contributed by atoms with Crippen molar-refractivity contribution in [1.29, 1.82) is 0 Å². The van der Waals surface area contributed by atoms with Crippen LogP contribution in [0.3, 0.4) is 0 Å². The third-order valence-electron chi connectivity index (χ3n) is 4.99. The van der Waals surface area contributed by atoms with E-state index >= 15 is 0 Å². The number of guanidine groups is 1. The third-order valence-corrected chi connectivity index (χ3v) is 4.99. The van der Waals surface area contributed by atoms with Gasteiger partial charge in [-0.1, -0.05) is 26.0 Å². The largest absolute Gasteiger partial charge is 0.396 e. The maximum Gasteiger partial charge on any atom is 0.191 e. The Kier molecular flexibility index (Phi) is 9.26. The molecule has 1 unspecified atom stereocenters. The number of hydrogen-bond acceptors (Lipinski definition) is 3. The van der Waals surface area contributed by atoms with Crippen LogP contribution >= 0.6 is 24.0 Å². The molecule has 0 aromatic heterocycles. The lowest BCUT2D eigenvalue weighted by atomic mass is 9.84. The number of halogens is 2. The van der Waals surface area contributed by atoms with Gasteiger partial charge in [0.1, 0.15) is 5.82 Å². The number of nitrogens with one attached hydrogen (secondary N) is 2. The summed E-state index contributed by atoms with van der Waals surface area (Å²) in [5.74, 6) is 0.481. The highest BCUT2D eigenvalue weighted by atomic mass is 127. The van der Waals surface area contributed by atoms with Crippen molar-refractivity contribution in [2.45, 2.75) is 32.1 Å². The summed E-state index contributed by atoms with van der Waals surface area (Å²) >= 11 is 0. The van der Waals surface area contributed by atoms with Crippen LogP contribution in [0.4, 0.5) is 4.39 Å². The van der Waals surface area contributed by atoms with Gasteiger partial charge in [-0.2, -0.15) is 0 Å². The minimum absolute atomic E-state index is 0. The Morgan fingerprint density at radius 2 is 2.15 bits per heavy atom. The highest BCUT2D eigenvalue weighted by Crippen LogP contribution is 2.31. The smallest absolute Gasteiger partial charge is 0.191 e. The molecule has 0 bridgehead atoms. The van der Waals surface area contributed by atoms with E-state index in [-0.39, 0.29) is 47.2 Å². The molecule has 5 nitrogen and oxygen atoms in total. The first kappa shape index (κ1) is 23.1. The van der Waals surface area contributed by atoms with Crippen LogP contribution in [0.2, 0.25) is 0 Å². The van der Waals surface area contributed by atoms with Crippen LogP contribution in [0, 0.1) is 11.2 Å². The van der Waals surface area contributed by atoms with Gasteiger partial charge in [0.25, 0.3) is 0 Å². The third kappa shape index (κ3) is 6.35. The average Bonchev–Trinajstić information content (AvgIpc) is 3.04. The molecular weight excluding hydrogens is 448 g/mol. The second-order valence-electron chi connectivity index (χ2n) is 7.45. The van der Waals surface area contributed by atoms with Gasteiger partial charge in [0, 0.05) is 44.2 Å². The van der Waals surface area contributed by atoms with Crippen molar-refractivity contribution < 1.29 is 14.2 Å². The van der Waals surface area contributed by atoms with Crippen LogP contribution in [0.5, 0.6) is 0 Å². The van der Waals surface area contributed by atoms with Crippen LogP contribution in [0.25, 0.3) is 0 Å². The zero-order valence-electron chi connectivity index (χ0n) is 15.8. The second kappa shape index (κ2) is 10.4. The van der Waals surface area contributed by atoms with Crippen LogP contribution in [-0.4, -0.2) is 51.0 Å². The van der Waals surface area contributed by atoms with Gasteiger partial charge in [-0.05, 0) is 30.5 Å². The molecule has 1 aromatic carbocycles. The fourth-order valence-corrected chi connectivity index (χ4v) is 3.12. The highest BCUT2D eigenvalue weighted by Gasteiger charge is 2.34. The lowest BCUT2D eigenvalue weighted by Crippen LogP contribution is -2.47. The van der Waals surface area contributed by atoms with Crippen molar-refractivity contribution in [1.82, 2.24) is 10.6 Å².